The lowest BCUT2D eigenvalue weighted by Crippen LogP contribution is -2.21. The monoisotopic (exact) mass is 472 g/mol. The lowest BCUT2D eigenvalue weighted by molar-refractivity contribution is 0.230. The SMILES string of the molecule is C#CCSc1nn(CC2CCC(CCCC(=C)O)CC2)c(C2C=CC=CC2)c1-c1ccccc1. The molecule has 0 saturated heterocycles. The zero-order valence-corrected chi connectivity index (χ0v) is 20.9. The van der Waals surface area contributed by atoms with Crippen LogP contribution in [0.25, 0.3) is 11.1 Å². The van der Waals surface area contributed by atoms with E-state index >= 15 is 0 Å². The molecular formula is C30H36N2OS. The van der Waals surface area contributed by atoms with Crippen molar-refractivity contribution < 1.29 is 5.11 Å². The number of nitrogens with zero attached hydrogens (tertiary/aromatic N) is 2. The molecule has 1 aromatic heterocycles. The fourth-order valence-corrected chi connectivity index (χ4v) is 6.12. The van der Waals surface area contributed by atoms with E-state index in [0.717, 1.165) is 36.8 Å². The Kier molecular flexibility index (Phi) is 8.77. The highest BCUT2D eigenvalue weighted by Gasteiger charge is 2.28. The van der Waals surface area contributed by atoms with Crippen molar-refractivity contribution in [1.29, 1.82) is 0 Å². The Morgan fingerprint density at radius 3 is 2.59 bits per heavy atom. The first kappa shape index (κ1) is 24.5. The van der Waals surface area contributed by atoms with Crippen LogP contribution in [-0.4, -0.2) is 20.6 Å². The number of aliphatic hydroxyl groups excluding tert-OH is 1. The Balaban J connectivity index is 1.56. The number of benzene rings is 1. The molecule has 1 atom stereocenters. The molecule has 178 valence electrons. The molecule has 34 heavy (non-hydrogen) atoms. The van der Waals surface area contributed by atoms with Crippen LogP contribution in [0.2, 0.25) is 0 Å². The van der Waals surface area contributed by atoms with Crippen molar-refractivity contribution in [3.8, 4) is 23.5 Å². The number of hydrogen-bond donors (Lipinski definition) is 1. The number of allylic oxidation sites excluding steroid dienone is 5. The highest BCUT2D eigenvalue weighted by Crippen LogP contribution is 2.41. The molecule has 1 unspecified atom stereocenters. The summed E-state index contributed by atoms with van der Waals surface area (Å²) in [4.78, 5) is 0. The van der Waals surface area contributed by atoms with E-state index in [1.54, 1.807) is 11.8 Å². The van der Waals surface area contributed by atoms with E-state index < -0.39 is 0 Å². The van der Waals surface area contributed by atoms with Gasteiger partial charge in [-0.2, -0.15) is 5.10 Å². The minimum atomic E-state index is 0.319. The maximum Gasteiger partial charge on any atom is 0.127 e. The van der Waals surface area contributed by atoms with E-state index in [1.807, 2.05) is 0 Å². The minimum Gasteiger partial charge on any atom is -0.513 e. The highest BCUT2D eigenvalue weighted by atomic mass is 32.2. The first-order chi connectivity index (χ1) is 16.7. The van der Waals surface area contributed by atoms with Gasteiger partial charge in [-0.15, -0.1) is 6.42 Å². The van der Waals surface area contributed by atoms with Crippen LogP contribution in [0.4, 0.5) is 0 Å². The van der Waals surface area contributed by atoms with Crippen LogP contribution in [0, 0.1) is 24.2 Å². The average molecular weight is 473 g/mol. The van der Waals surface area contributed by atoms with Crippen LogP contribution in [0.15, 0.2) is 72.0 Å². The van der Waals surface area contributed by atoms with Gasteiger partial charge in [-0.05, 0) is 43.1 Å². The lowest BCUT2D eigenvalue weighted by Gasteiger charge is -2.29. The topological polar surface area (TPSA) is 38.0 Å². The number of rotatable bonds is 10. The first-order valence-electron chi connectivity index (χ1n) is 12.6. The minimum absolute atomic E-state index is 0.319. The third kappa shape index (κ3) is 6.27. The average Bonchev–Trinajstić information content (AvgIpc) is 3.22. The van der Waals surface area contributed by atoms with E-state index in [0.29, 0.717) is 23.3 Å². The summed E-state index contributed by atoms with van der Waals surface area (Å²) in [7, 11) is 0. The number of hydrogen-bond acceptors (Lipinski definition) is 3. The van der Waals surface area contributed by atoms with Gasteiger partial charge in [0.15, 0.2) is 0 Å². The number of aliphatic hydroxyl groups is 1. The number of thioether (sulfide) groups is 1. The van der Waals surface area contributed by atoms with E-state index in [2.05, 4.69) is 71.8 Å². The van der Waals surface area contributed by atoms with Crippen LogP contribution in [0.1, 0.15) is 63.0 Å². The second-order valence-corrected chi connectivity index (χ2v) is 10.6. The van der Waals surface area contributed by atoms with Crippen molar-refractivity contribution in [2.24, 2.45) is 11.8 Å². The molecular weight excluding hydrogens is 436 g/mol. The highest BCUT2D eigenvalue weighted by molar-refractivity contribution is 7.99. The standard InChI is InChI=1S/C30H36N2OS/c1-3-21-34-30-28(26-13-6-4-7-14-26)29(27-15-8-5-9-16-27)32(31-30)22-25-19-17-24(18-20-25)12-10-11-23(2)33/h1,4-9,13-15,24-25,27,33H,2,10-12,16-22H2. The van der Waals surface area contributed by atoms with Crippen LogP contribution in [-0.2, 0) is 6.54 Å². The molecule has 3 nitrogen and oxygen atoms in total. The second-order valence-electron chi connectivity index (χ2n) is 9.61. The summed E-state index contributed by atoms with van der Waals surface area (Å²) >= 11 is 1.68. The molecule has 4 rings (SSSR count). The molecule has 1 aromatic carbocycles. The Morgan fingerprint density at radius 2 is 1.91 bits per heavy atom. The molecule has 1 N–H and O–H groups in total. The summed E-state index contributed by atoms with van der Waals surface area (Å²) in [5.41, 5.74) is 3.80. The zero-order valence-electron chi connectivity index (χ0n) is 20.0. The maximum atomic E-state index is 9.36. The van der Waals surface area contributed by atoms with E-state index in [1.165, 1.54) is 48.9 Å². The molecule has 1 saturated carbocycles. The van der Waals surface area contributed by atoms with Gasteiger partial charge >= 0.3 is 0 Å². The summed E-state index contributed by atoms with van der Waals surface area (Å²) in [6.45, 7) is 4.59. The molecule has 2 aliphatic rings. The van der Waals surface area contributed by atoms with Crippen LogP contribution in [0.3, 0.4) is 0 Å². The smallest absolute Gasteiger partial charge is 0.127 e. The van der Waals surface area contributed by atoms with Gasteiger partial charge < -0.3 is 5.11 Å². The summed E-state index contributed by atoms with van der Waals surface area (Å²) < 4.78 is 2.32. The molecule has 4 heteroatoms. The first-order valence-corrected chi connectivity index (χ1v) is 13.6. The van der Waals surface area contributed by atoms with Crippen molar-refractivity contribution >= 4 is 11.8 Å². The molecule has 0 amide bonds. The van der Waals surface area contributed by atoms with Gasteiger partial charge in [-0.25, -0.2) is 0 Å². The fourth-order valence-electron chi connectivity index (χ4n) is 5.38. The summed E-state index contributed by atoms with van der Waals surface area (Å²) in [6, 6.07) is 10.7. The van der Waals surface area contributed by atoms with Gasteiger partial charge in [0.2, 0.25) is 0 Å². The lowest BCUT2D eigenvalue weighted by atomic mass is 9.79. The Labute approximate surface area is 209 Å². The molecule has 1 heterocycles. The molecule has 2 aliphatic carbocycles. The van der Waals surface area contributed by atoms with Crippen LogP contribution >= 0.6 is 11.8 Å². The van der Waals surface area contributed by atoms with Gasteiger partial charge in [0, 0.05) is 24.4 Å². The summed E-state index contributed by atoms with van der Waals surface area (Å²) in [6.07, 6.45) is 23.5. The van der Waals surface area contributed by atoms with E-state index in [4.69, 9.17) is 11.5 Å². The Bertz CT molecular complexity index is 1050. The van der Waals surface area contributed by atoms with Crippen molar-refractivity contribution in [2.75, 3.05) is 5.75 Å². The van der Waals surface area contributed by atoms with Crippen molar-refractivity contribution in [1.82, 2.24) is 9.78 Å². The molecule has 2 aromatic rings. The molecule has 0 aliphatic heterocycles. The number of terminal acetylenes is 1. The largest absolute Gasteiger partial charge is 0.513 e. The van der Waals surface area contributed by atoms with Gasteiger partial charge in [0.1, 0.15) is 5.03 Å². The Hall–Kier alpha value is -2.64. The number of aromatic nitrogens is 2. The third-order valence-corrected chi connectivity index (χ3v) is 7.99. The van der Waals surface area contributed by atoms with Crippen LogP contribution < -0.4 is 0 Å². The molecule has 0 spiro atoms. The van der Waals surface area contributed by atoms with Crippen LogP contribution in [0.5, 0.6) is 0 Å². The van der Waals surface area contributed by atoms with E-state index in [-0.39, 0.29) is 0 Å². The van der Waals surface area contributed by atoms with E-state index in [9.17, 15) is 5.11 Å². The third-order valence-electron chi connectivity index (χ3n) is 7.12. The molecule has 1 fully saturated rings. The van der Waals surface area contributed by atoms with Crippen molar-refractivity contribution in [2.45, 2.75) is 68.9 Å². The van der Waals surface area contributed by atoms with Crippen molar-refractivity contribution in [3.05, 3.63) is 72.7 Å². The van der Waals surface area contributed by atoms with Gasteiger partial charge in [0.25, 0.3) is 0 Å². The molecule has 0 bridgehead atoms. The predicted octanol–water partition coefficient (Wildman–Crippen LogP) is 7.92. The van der Waals surface area contributed by atoms with Gasteiger partial charge in [-0.1, -0.05) is 98.2 Å². The fraction of sp³-hybridized carbons (Fsp3) is 0.433. The van der Waals surface area contributed by atoms with Gasteiger partial charge in [0.05, 0.1) is 17.2 Å². The summed E-state index contributed by atoms with van der Waals surface area (Å²) in [5.74, 6) is 5.49. The quantitative estimate of drug-likeness (QED) is 0.217. The summed E-state index contributed by atoms with van der Waals surface area (Å²) in [5, 5.41) is 15.6. The second kappa shape index (κ2) is 12.2. The van der Waals surface area contributed by atoms with Gasteiger partial charge in [-0.3, -0.25) is 4.68 Å². The van der Waals surface area contributed by atoms with Crippen molar-refractivity contribution in [3.63, 3.8) is 0 Å². The normalized spacial score (nSPS) is 21.9. The molecule has 0 radical (unpaired) electrons. The predicted molar refractivity (Wildman–Crippen MR) is 144 cm³/mol. The zero-order chi connectivity index (χ0) is 23.8. The Morgan fingerprint density at radius 1 is 1.15 bits per heavy atom. The maximum absolute atomic E-state index is 9.36.